The van der Waals surface area contributed by atoms with Crippen LogP contribution in [0.25, 0.3) is 0 Å². The van der Waals surface area contributed by atoms with E-state index in [1.54, 1.807) is 42.5 Å². The Labute approximate surface area is 145 Å². The smallest absolute Gasteiger partial charge is 0.298 e. The highest BCUT2D eigenvalue weighted by Crippen LogP contribution is 2.19. The molecule has 0 saturated carbocycles. The van der Waals surface area contributed by atoms with E-state index >= 15 is 0 Å². The first kappa shape index (κ1) is 18.4. The van der Waals surface area contributed by atoms with E-state index in [0.29, 0.717) is 22.7 Å². The van der Waals surface area contributed by atoms with Crippen LogP contribution in [0.5, 0.6) is 5.75 Å². The predicted molar refractivity (Wildman–Crippen MR) is 95.5 cm³/mol. The van der Waals surface area contributed by atoms with Crippen LogP contribution >= 0.6 is 0 Å². The van der Waals surface area contributed by atoms with E-state index in [4.69, 9.17) is 10.6 Å². The maximum absolute atomic E-state index is 11.5. The third kappa shape index (κ3) is 5.90. The van der Waals surface area contributed by atoms with Crippen LogP contribution in [0.3, 0.4) is 0 Å². The summed E-state index contributed by atoms with van der Waals surface area (Å²) in [6, 6.07) is 15.2. The van der Waals surface area contributed by atoms with Crippen molar-refractivity contribution < 1.29 is 18.0 Å². The van der Waals surface area contributed by atoms with Crippen LogP contribution in [-0.2, 0) is 15.0 Å². The number of rotatable bonds is 8. The van der Waals surface area contributed by atoms with Gasteiger partial charge in [0.1, 0.15) is 0 Å². The lowest BCUT2D eigenvalue weighted by molar-refractivity contribution is -0.116. The number of carbonyl (C=O) groups is 1. The van der Waals surface area contributed by atoms with Gasteiger partial charge in [0.25, 0.3) is 10.2 Å². The van der Waals surface area contributed by atoms with Crippen LogP contribution in [0.4, 0.5) is 5.69 Å². The first-order valence-corrected chi connectivity index (χ1v) is 8.77. The molecule has 0 aliphatic rings. The molecule has 2 aromatic carbocycles. The molecule has 4 N–H and O–H groups in total. The van der Waals surface area contributed by atoms with Gasteiger partial charge in [0.2, 0.25) is 5.91 Å². The Morgan fingerprint density at radius 2 is 1.88 bits per heavy atom. The van der Waals surface area contributed by atoms with Crippen LogP contribution in [0.15, 0.2) is 59.8 Å². The van der Waals surface area contributed by atoms with Crippen molar-refractivity contribution in [3.05, 3.63) is 60.2 Å². The monoisotopic (exact) mass is 362 g/mol. The zero-order valence-electron chi connectivity index (χ0n) is 13.5. The number of oxime groups is 1. The summed E-state index contributed by atoms with van der Waals surface area (Å²) in [5, 5.41) is 3.99. The summed E-state index contributed by atoms with van der Waals surface area (Å²) in [7, 11) is -2.34. The molecule has 1 amide bonds. The molecule has 9 heteroatoms. The molecule has 25 heavy (non-hydrogen) atoms. The van der Waals surface area contributed by atoms with E-state index < -0.39 is 16.1 Å². The number of nitrogens with two attached hydrogens (primary N) is 1. The molecule has 0 fully saturated rings. The van der Waals surface area contributed by atoms with Crippen LogP contribution in [0.1, 0.15) is 12.0 Å². The van der Waals surface area contributed by atoms with Gasteiger partial charge < -0.3 is 10.6 Å². The number of amides is 1. The standard InChI is InChI=1S/C16H18N4O4S/c1-18-25(22,23)20-13-8-5-9-14(10-13)24-19-15(11-16(17)21)12-6-3-2-4-7-12/h2-10,18,20H,11H2,1H3,(H2,17,21)/b19-15+. The number of nitrogens with zero attached hydrogens (tertiary/aromatic N) is 1. The molecule has 0 aromatic heterocycles. The second-order valence-corrected chi connectivity index (χ2v) is 6.60. The van der Waals surface area contributed by atoms with Crippen LogP contribution in [0, 0.1) is 0 Å². The van der Waals surface area contributed by atoms with E-state index in [2.05, 4.69) is 14.6 Å². The van der Waals surface area contributed by atoms with Crippen LogP contribution in [0.2, 0.25) is 0 Å². The molecule has 0 unspecified atom stereocenters. The number of carbonyl (C=O) groups excluding carboxylic acids is 1. The van der Waals surface area contributed by atoms with E-state index in [1.807, 2.05) is 6.07 Å². The van der Waals surface area contributed by atoms with Crippen molar-refractivity contribution in [3.63, 3.8) is 0 Å². The molecular formula is C16H18N4O4S. The molecule has 0 saturated heterocycles. The number of benzene rings is 2. The van der Waals surface area contributed by atoms with Gasteiger partial charge in [-0.15, -0.1) is 0 Å². The maximum atomic E-state index is 11.5. The first-order valence-electron chi connectivity index (χ1n) is 7.28. The van der Waals surface area contributed by atoms with Crippen molar-refractivity contribution in [2.45, 2.75) is 6.42 Å². The minimum absolute atomic E-state index is 0.0872. The minimum Gasteiger partial charge on any atom is -0.369 e. The van der Waals surface area contributed by atoms with Gasteiger partial charge in [-0.05, 0) is 17.7 Å². The largest absolute Gasteiger partial charge is 0.369 e. The fourth-order valence-corrected chi connectivity index (χ4v) is 2.45. The summed E-state index contributed by atoms with van der Waals surface area (Å²) in [4.78, 5) is 16.6. The molecule has 2 aromatic rings. The van der Waals surface area contributed by atoms with Crippen molar-refractivity contribution in [1.82, 2.24) is 4.72 Å². The Hall–Kier alpha value is -2.91. The highest BCUT2D eigenvalue weighted by molar-refractivity contribution is 7.90. The fraction of sp³-hybridized carbons (Fsp3) is 0.125. The number of hydrogen-bond donors (Lipinski definition) is 3. The van der Waals surface area contributed by atoms with E-state index in [9.17, 15) is 13.2 Å². The molecule has 0 aliphatic heterocycles. The SMILES string of the molecule is CNS(=O)(=O)Nc1cccc(O/N=C(\CC(N)=O)c2ccccc2)c1. The predicted octanol–water partition coefficient (Wildman–Crippen LogP) is 1.22. The van der Waals surface area contributed by atoms with E-state index in [1.165, 1.54) is 13.1 Å². The lowest BCUT2D eigenvalue weighted by atomic mass is 10.1. The van der Waals surface area contributed by atoms with Gasteiger partial charge >= 0.3 is 0 Å². The Morgan fingerprint density at radius 3 is 2.52 bits per heavy atom. The van der Waals surface area contributed by atoms with Gasteiger partial charge in [-0.25, -0.2) is 4.72 Å². The van der Waals surface area contributed by atoms with Crippen LogP contribution < -0.4 is 20.0 Å². The quantitative estimate of drug-likeness (QED) is 0.482. The third-order valence-electron chi connectivity index (χ3n) is 3.06. The van der Waals surface area contributed by atoms with Gasteiger partial charge in [-0.2, -0.15) is 8.42 Å². The Kier molecular flexibility index (Phi) is 6.09. The molecule has 0 bridgehead atoms. The highest BCUT2D eigenvalue weighted by Gasteiger charge is 2.10. The number of hydrogen-bond acceptors (Lipinski definition) is 5. The van der Waals surface area contributed by atoms with Gasteiger partial charge in [0, 0.05) is 13.1 Å². The van der Waals surface area contributed by atoms with E-state index in [0.717, 1.165) is 0 Å². The van der Waals surface area contributed by atoms with Gasteiger partial charge in [-0.3, -0.25) is 9.52 Å². The normalized spacial score (nSPS) is 11.8. The topological polar surface area (TPSA) is 123 Å². The lowest BCUT2D eigenvalue weighted by Gasteiger charge is -2.08. The molecule has 0 heterocycles. The molecule has 0 aliphatic carbocycles. The van der Waals surface area contributed by atoms with Crippen LogP contribution in [-0.4, -0.2) is 27.1 Å². The zero-order valence-corrected chi connectivity index (χ0v) is 14.3. The lowest BCUT2D eigenvalue weighted by Crippen LogP contribution is -2.26. The van der Waals surface area contributed by atoms with Crippen molar-refractivity contribution in [3.8, 4) is 5.75 Å². The highest BCUT2D eigenvalue weighted by atomic mass is 32.2. The average Bonchev–Trinajstić information content (AvgIpc) is 2.59. The molecule has 8 nitrogen and oxygen atoms in total. The number of anilines is 1. The molecule has 132 valence electrons. The average molecular weight is 362 g/mol. The zero-order chi connectivity index (χ0) is 18.3. The van der Waals surface area contributed by atoms with Gasteiger partial charge in [0.15, 0.2) is 5.75 Å². The van der Waals surface area contributed by atoms with Crippen molar-refractivity contribution in [1.29, 1.82) is 0 Å². The van der Waals surface area contributed by atoms with Crippen molar-refractivity contribution in [2.24, 2.45) is 10.9 Å². The van der Waals surface area contributed by atoms with Gasteiger partial charge in [-0.1, -0.05) is 41.6 Å². The summed E-state index contributed by atoms with van der Waals surface area (Å²) in [5.74, 6) is -0.240. The summed E-state index contributed by atoms with van der Waals surface area (Å²) >= 11 is 0. The number of nitrogens with one attached hydrogen (secondary N) is 2. The Balaban J connectivity index is 2.21. The summed E-state index contributed by atoms with van der Waals surface area (Å²) in [5.41, 5.74) is 6.63. The maximum Gasteiger partial charge on any atom is 0.298 e. The molecule has 2 rings (SSSR count). The number of primary amides is 1. The van der Waals surface area contributed by atoms with E-state index in [-0.39, 0.29) is 6.42 Å². The second kappa shape index (κ2) is 8.27. The second-order valence-electron chi connectivity index (χ2n) is 4.98. The molecular weight excluding hydrogens is 344 g/mol. The first-order chi connectivity index (χ1) is 11.9. The van der Waals surface area contributed by atoms with Crippen molar-refractivity contribution >= 4 is 27.5 Å². The minimum atomic E-state index is -3.63. The Bertz CT molecular complexity index is 867. The third-order valence-corrected chi connectivity index (χ3v) is 4.11. The molecule has 0 atom stereocenters. The molecule has 0 radical (unpaired) electrons. The summed E-state index contributed by atoms with van der Waals surface area (Å²) < 4.78 is 27.5. The van der Waals surface area contributed by atoms with Crippen molar-refractivity contribution in [2.75, 3.05) is 11.8 Å². The fourth-order valence-electron chi connectivity index (χ4n) is 1.91. The Morgan fingerprint density at radius 1 is 1.16 bits per heavy atom. The molecule has 0 spiro atoms. The summed E-state index contributed by atoms with van der Waals surface area (Å²) in [6.07, 6.45) is -0.0872. The van der Waals surface area contributed by atoms with Gasteiger partial charge in [0.05, 0.1) is 17.8 Å². The summed E-state index contributed by atoms with van der Waals surface area (Å²) in [6.45, 7) is 0.